The van der Waals surface area contributed by atoms with Crippen LogP contribution >= 0.6 is 0 Å². The lowest BCUT2D eigenvalue weighted by atomic mass is 9.95. The molecule has 0 radical (unpaired) electrons. The number of phenolic OH excluding ortho intramolecular Hbond substituents is 1. The van der Waals surface area contributed by atoms with Crippen LogP contribution in [0.4, 0.5) is 0 Å². The second kappa shape index (κ2) is 11.4. The topological polar surface area (TPSA) is 125 Å². The van der Waals surface area contributed by atoms with E-state index in [-0.39, 0.29) is 18.8 Å². The Kier molecular flexibility index (Phi) is 9.85. The molecule has 0 spiro atoms. The van der Waals surface area contributed by atoms with E-state index in [4.69, 9.17) is 10.2 Å². The van der Waals surface area contributed by atoms with E-state index < -0.39 is 25.7 Å². The van der Waals surface area contributed by atoms with Gasteiger partial charge in [-0.25, -0.2) is 0 Å². The van der Waals surface area contributed by atoms with Crippen molar-refractivity contribution in [2.24, 2.45) is 0 Å². The molecule has 0 aliphatic carbocycles. The monoisotopic (exact) mass is 342 g/mol. The lowest BCUT2D eigenvalue weighted by Crippen LogP contribution is -2.34. The summed E-state index contributed by atoms with van der Waals surface area (Å²) in [7, 11) is 0. The Labute approximate surface area is 143 Å². The molecule has 0 heterocycles. The second-order valence-corrected chi connectivity index (χ2v) is 5.82. The zero-order chi connectivity index (χ0) is 17.9. The molecule has 1 aromatic rings. The van der Waals surface area contributed by atoms with E-state index >= 15 is 0 Å². The van der Waals surface area contributed by atoms with Crippen molar-refractivity contribution in [1.82, 2.24) is 10.6 Å². The molecule has 0 saturated carbocycles. The van der Waals surface area contributed by atoms with E-state index in [1.54, 1.807) is 6.07 Å². The third-order valence-electron chi connectivity index (χ3n) is 3.93. The van der Waals surface area contributed by atoms with Gasteiger partial charge in [0.05, 0.1) is 13.2 Å². The number of aromatic hydroxyl groups is 1. The molecule has 1 rings (SSSR count). The van der Waals surface area contributed by atoms with Crippen LogP contribution in [0.25, 0.3) is 0 Å². The number of phenols is 1. The van der Waals surface area contributed by atoms with Gasteiger partial charge in [-0.1, -0.05) is 25.8 Å². The molecule has 0 saturated heterocycles. The maximum absolute atomic E-state index is 10.2. The Morgan fingerprint density at radius 1 is 0.917 bits per heavy atom. The molecule has 1 aromatic carbocycles. The van der Waals surface area contributed by atoms with Crippen molar-refractivity contribution in [3.05, 3.63) is 28.8 Å². The second-order valence-electron chi connectivity index (χ2n) is 5.82. The van der Waals surface area contributed by atoms with Crippen molar-refractivity contribution in [2.45, 2.75) is 58.2 Å². The zero-order valence-electron chi connectivity index (χ0n) is 14.2. The van der Waals surface area contributed by atoms with Crippen molar-refractivity contribution in [3.8, 4) is 5.75 Å². The average Bonchev–Trinajstić information content (AvgIpc) is 2.59. The van der Waals surface area contributed by atoms with Gasteiger partial charge in [-0.05, 0) is 30.0 Å². The molecule has 2 unspecified atom stereocenters. The predicted molar refractivity (Wildman–Crippen MR) is 91.2 cm³/mol. The molecule has 7 N–H and O–H groups in total. The Hall–Kier alpha value is -1.22. The summed E-state index contributed by atoms with van der Waals surface area (Å²) >= 11 is 0. The highest BCUT2D eigenvalue weighted by molar-refractivity contribution is 5.44. The molecule has 0 bridgehead atoms. The van der Waals surface area contributed by atoms with Gasteiger partial charge in [-0.3, -0.25) is 10.6 Å². The number of unbranched alkanes of at least 4 members (excludes halogenated alkanes) is 2. The summed E-state index contributed by atoms with van der Waals surface area (Å²) in [5.41, 5.74) is 2.49. The van der Waals surface area contributed by atoms with Gasteiger partial charge >= 0.3 is 0 Å². The number of aliphatic hydroxyl groups excluding tert-OH is 4. The van der Waals surface area contributed by atoms with Crippen LogP contribution in [0, 0.1) is 0 Å². The molecule has 7 heteroatoms. The van der Waals surface area contributed by atoms with Gasteiger partial charge in [0, 0.05) is 18.7 Å². The van der Waals surface area contributed by atoms with Crippen LogP contribution in [0.2, 0.25) is 0 Å². The lowest BCUT2D eigenvalue weighted by Gasteiger charge is -2.20. The highest BCUT2D eigenvalue weighted by Gasteiger charge is 2.15. The largest absolute Gasteiger partial charge is 0.508 e. The molecule has 138 valence electrons. The van der Waals surface area contributed by atoms with Gasteiger partial charge in [0.25, 0.3) is 0 Å². The third kappa shape index (κ3) is 6.72. The first-order valence-electron chi connectivity index (χ1n) is 8.40. The van der Waals surface area contributed by atoms with Crippen LogP contribution in [0.15, 0.2) is 12.1 Å². The number of nitrogens with one attached hydrogen (secondary N) is 2. The minimum absolute atomic E-state index is 0.0853. The van der Waals surface area contributed by atoms with E-state index in [9.17, 15) is 15.3 Å². The molecular weight excluding hydrogens is 312 g/mol. The minimum Gasteiger partial charge on any atom is -0.508 e. The first kappa shape index (κ1) is 20.8. The average molecular weight is 342 g/mol. The fourth-order valence-electron chi connectivity index (χ4n) is 2.52. The minimum atomic E-state index is -1.07. The highest BCUT2D eigenvalue weighted by atomic mass is 16.3. The molecule has 0 fully saturated rings. The molecule has 0 amide bonds. The summed E-state index contributed by atoms with van der Waals surface area (Å²) in [6.45, 7) is 1.77. The Balaban J connectivity index is 2.99. The van der Waals surface area contributed by atoms with Crippen molar-refractivity contribution >= 4 is 0 Å². The van der Waals surface area contributed by atoms with E-state index in [0.29, 0.717) is 5.56 Å². The highest BCUT2D eigenvalue weighted by Crippen LogP contribution is 2.26. The fourth-order valence-corrected chi connectivity index (χ4v) is 2.52. The maximum atomic E-state index is 10.2. The predicted octanol–water partition coefficient (Wildman–Crippen LogP) is -0.0745. The zero-order valence-corrected chi connectivity index (χ0v) is 14.2. The van der Waals surface area contributed by atoms with Gasteiger partial charge in [0.15, 0.2) is 0 Å². The van der Waals surface area contributed by atoms with Crippen LogP contribution in [0.5, 0.6) is 5.75 Å². The van der Waals surface area contributed by atoms with Crippen LogP contribution in [-0.2, 0) is 19.5 Å². The molecule has 7 nitrogen and oxygen atoms in total. The lowest BCUT2D eigenvalue weighted by molar-refractivity contribution is 0.0647. The summed E-state index contributed by atoms with van der Waals surface area (Å²) in [5, 5.41) is 52.6. The van der Waals surface area contributed by atoms with Crippen molar-refractivity contribution in [3.63, 3.8) is 0 Å². The third-order valence-corrected chi connectivity index (χ3v) is 3.93. The number of rotatable bonds is 12. The Morgan fingerprint density at radius 2 is 1.50 bits per heavy atom. The number of benzene rings is 1. The summed E-state index contributed by atoms with van der Waals surface area (Å²) in [5.74, 6) is 0.0853. The van der Waals surface area contributed by atoms with Gasteiger partial charge in [-0.15, -0.1) is 0 Å². The van der Waals surface area contributed by atoms with E-state index in [1.165, 1.54) is 0 Å². The molecule has 0 aliphatic rings. The molecule has 2 atom stereocenters. The SMILES string of the molecule is CCCCCc1ccc(O)c(CNC(O)CO)c1CNC(O)CO. The van der Waals surface area contributed by atoms with Crippen molar-refractivity contribution < 1.29 is 25.5 Å². The smallest absolute Gasteiger partial charge is 0.128 e. The van der Waals surface area contributed by atoms with Crippen LogP contribution < -0.4 is 10.6 Å². The van der Waals surface area contributed by atoms with E-state index in [2.05, 4.69) is 17.6 Å². The number of hydrogen-bond donors (Lipinski definition) is 7. The molecular formula is C17H30N2O5. The standard InChI is InChI=1S/C17H30N2O5/c1-2-3-4-5-12-6-7-15(22)14(9-19-17(24)11-21)13(12)8-18-16(23)10-20/h6-7,16-24H,2-5,8-11H2,1H3. The normalized spacial score (nSPS) is 13.9. The van der Waals surface area contributed by atoms with Crippen molar-refractivity contribution in [1.29, 1.82) is 0 Å². The van der Waals surface area contributed by atoms with Crippen LogP contribution in [0.3, 0.4) is 0 Å². The number of aryl methyl sites for hydroxylation is 1. The van der Waals surface area contributed by atoms with Gasteiger partial charge in [-0.2, -0.15) is 0 Å². The molecule has 24 heavy (non-hydrogen) atoms. The summed E-state index contributed by atoms with van der Waals surface area (Å²) in [6, 6.07) is 3.48. The van der Waals surface area contributed by atoms with Crippen molar-refractivity contribution in [2.75, 3.05) is 13.2 Å². The molecule has 0 aliphatic heterocycles. The van der Waals surface area contributed by atoms with E-state index in [1.807, 2.05) is 6.07 Å². The Morgan fingerprint density at radius 3 is 2.04 bits per heavy atom. The van der Waals surface area contributed by atoms with Gasteiger partial charge < -0.3 is 25.5 Å². The van der Waals surface area contributed by atoms with Gasteiger partial charge in [0.2, 0.25) is 0 Å². The van der Waals surface area contributed by atoms with Gasteiger partial charge in [0.1, 0.15) is 18.2 Å². The van der Waals surface area contributed by atoms with E-state index in [0.717, 1.165) is 36.8 Å². The molecule has 0 aromatic heterocycles. The van der Waals surface area contributed by atoms with Crippen LogP contribution in [-0.4, -0.2) is 51.2 Å². The number of hydrogen-bond acceptors (Lipinski definition) is 7. The number of aliphatic hydroxyl groups is 4. The Bertz CT molecular complexity index is 484. The fraction of sp³-hybridized carbons (Fsp3) is 0.647. The summed E-state index contributed by atoms with van der Waals surface area (Å²) < 4.78 is 0. The summed E-state index contributed by atoms with van der Waals surface area (Å²) in [4.78, 5) is 0. The van der Waals surface area contributed by atoms with Crippen LogP contribution in [0.1, 0.15) is 42.9 Å². The quantitative estimate of drug-likeness (QED) is 0.209. The maximum Gasteiger partial charge on any atom is 0.128 e. The first-order chi connectivity index (χ1) is 11.5. The first-order valence-corrected chi connectivity index (χ1v) is 8.40. The summed E-state index contributed by atoms with van der Waals surface area (Å²) in [6.07, 6.45) is 1.95.